The monoisotopic (exact) mass is 477 g/mol. The van der Waals surface area contributed by atoms with E-state index in [0.717, 1.165) is 35.4 Å². The van der Waals surface area contributed by atoms with Crippen LogP contribution in [0.25, 0.3) is 39.0 Å². The first-order chi connectivity index (χ1) is 17.6. The number of para-hydroxylation sites is 1. The van der Waals surface area contributed by atoms with Gasteiger partial charge in [0.2, 0.25) is 0 Å². The van der Waals surface area contributed by atoms with Crippen LogP contribution in [-0.4, -0.2) is 52.4 Å². The van der Waals surface area contributed by atoms with Crippen molar-refractivity contribution in [1.82, 2.24) is 39.3 Å². The number of imidazole rings is 1. The molecule has 0 bridgehead atoms. The lowest BCUT2D eigenvalue weighted by atomic mass is 10.1. The number of nitrogens with zero attached hydrogens (tertiary/aromatic N) is 9. The van der Waals surface area contributed by atoms with Gasteiger partial charge in [0, 0.05) is 18.5 Å². The van der Waals surface area contributed by atoms with Gasteiger partial charge in [0.25, 0.3) is 0 Å². The van der Waals surface area contributed by atoms with Gasteiger partial charge in [-0.3, -0.25) is 0 Å². The molecular formula is C25H23N11. The number of aromatic nitrogens is 8. The van der Waals surface area contributed by atoms with Crippen LogP contribution in [0.4, 0.5) is 17.5 Å². The predicted octanol–water partition coefficient (Wildman–Crippen LogP) is 2.90. The van der Waals surface area contributed by atoms with Crippen LogP contribution in [0, 0.1) is 0 Å². The van der Waals surface area contributed by atoms with Crippen LogP contribution >= 0.6 is 0 Å². The average Bonchev–Trinajstić information content (AvgIpc) is 3.62. The summed E-state index contributed by atoms with van der Waals surface area (Å²) in [6, 6.07) is 14.1. The van der Waals surface area contributed by atoms with E-state index in [4.69, 9.17) is 21.5 Å². The molecule has 178 valence electrons. The van der Waals surface area contributed by atoms with E-state index in [0.29, 0.717) is 46.2 Å². The van der Waals surface area contributed by atoms with Crippen molar-refractivity contribution in [2.75, 3.05) is 29.5 Å². The summed E-state index contributed by atoms with van der Waals surface area (Å²) in [5.74, 6) is 1.75. The smallest absolute Gasteiger partial charge is 0.164 e. The lowest BCUT2D eigenvalue weighted by Crippen LogP contribution is -2.19. The Hall–Kier alpha value is -4.80. The molecule has 1 saturated heterocycles. The zero-order valence-electron chi connectivity index (χ0n) is 19.4. The molecule has 0 radical (unpaired) electrons. The van der Waals surface area contributed by atoms with Crippen LogP contribution in [0.1, 0.15) is 18.4 Å². The van der Waals surface area contributed by atoms with Crippen LogP contribution in [0.15, 0.2) is 55.0 Å². The van der Waals surface area contributed by atoms with Crippen molar-refractivity contribution in [2.24, 2.45) is 0 Å². The Morgan fingerprint density at radius 2 is 1.78 bits per heavy atom. The minimum Gasteiger partial charge on any atom is -0.383 e. The molecule has 1 aliphatic heterocycles. The van der Waals surface area contributed by atoms with Crippen LogP contribution in [0.5, 0.6) is 0 Å². The first-order valence-electron chi connectivity index (χ1n) is 11.9. The minimum absolute atomic E-state index is 0.352. The minimum atomic E-state index is 0.352. The molecule has 0 aliphatic carbocycles. The van der Waals surface area contributed by atoms with E-state index in [9.17, 15) is 0 Å². The Balaban J connectivity index is 1.39. The molecule has 0 amide bonds. The van der Waals surface area contributed by atoms with Crippen molar-refractivity contribution >= 4 is 45.0 Å². The van der Waals surface area contributed by atoms with Gasteiger partial charge in [0.15, 0.2) is 11.3 Å². The lowest BCUT2D eigenvalue weighted by Gasteiger charge is -2.19. The van der Waals surface area contributed by atoms with Crippen LogP contribution < -0.4 is 16.4 Å². The number of anilines is 3. The van der Waals surface area contributed by atoms with E-state index < -0.39 is 0 Å². The summed E-state index contributed by atoms with van der Waals surface area (Å²) < 4.78 is 3.50. The van der Waals surface area contributed by atoms with E-state index in [1.165, 1.54) is 19.2 Å². The van der Waals surface area contributed by atoms with Gasteiger partial charge in [-0.15, -0.1) is 0 Å². The highest BCUT2D eigenvalue weighted by Crippen LogP contribution is 2.31. The number of benzene rings is 1. The van der Waals surface area contributed by atoms with Crippen LogP contribution in [0.2, 0.25) is 0 Å². The van der Waals surface area contributed by atoms with Gasteiger partial charge < -0.3 is 16.4 Å². The Bertz CT molecular complexity index is 1760. The van der Waals surface area contributed by atoms with Gasteiger partial charge >= 0.3 is 0 Å². The molecular weight excluding hydrogens is 454 g/mol. The van der Waals surface area contributed by atoms with Gasteiger partial charge in [-0.25, -0.2) is 29.1 Å². The molecule has 11 heteroatoms. The molecule has 1 aliphatic rings. The number of hydrogen-bond acceptors (Lipinski definition) is 9. The summed E-state index contributed by atoms with van der Waals surface area (Å²) in [4.78, 5) is 20.3. The molecule has 0 spiro atoms. The molecule has 1 aromatic carbocycles. The molecule has 6 heterocycles. The van der Waals surface area contributed by atoms with Crippen LogP contribution in [-0.2, 0) is 6.54 Å². The molecule has 11 nitrogen and oxygen atoms in total. The van der Waals surface area contributed by atoms with Crippen molar-refractivity contribution < 1.29 is 0 Å². The molecule has 36 heavy (non-hydrogen) atoms. The number of fused-ring (bicyclic) bond motifs is 3. The Morgan fingerprint density at radius 3 is 2.67 bits per heavy atom. The second-order valence-corrected chi connectivity index (χ2v) is 9.00. The number of nitrogens with two attached hydrogens (primary N) is 2. The van der Waals surface area contributed by atoms with Gasteiger partial charge in [0.1, 0.15) is 35.2 Å². The topological polar surface area (TPSA) is 142 Å². The third-order valence-electron chi connectivity index (χ3n) is 6.68. The highest BCUT2D eigenvalue weighted by atomic mass is 15.3. The van der Waals surface area contributed by atoms with Crippen molar-refractivity contribution in [3.05, 3.63) is 60.6 Å². The zero-order chi connectivity index (χ0) is 24.2. The normalized spacial score (nSPS) is 13.9. The Labute approximate surface area is 205 Å². The van der Waals surface area contributed by atoms with E-state index >= 15 is 0 Å². The summed E-state index contributed by atoms with van der Waals surface area (Å²) >= 11 is 0. The quantitative estimate of drug-likeness (QED) is 0.392. The maximum absolute atomic E-state index is 6.33. The average molecular weight is 478 g/mol. The summed E-state index contributed by atoms with van der Waals surface area (Å²) in [6.07, 6.45) is 5.51. The first-order valence-corrected chi connectivity index (χ1v) is 11.9. The van der Waals surface area contributed by atoms with Crippen molar-refractivity contribution in [1.29, 1.82) is 0 Å². The van der Waals surface area contributed by atoms with E-state index in [1.807, 2.05) is 28.9 Å². The molecule has 0 atom stereocenters. The van der Waals surface area contributed by atoms with Crippen molar-refractivity contribution in [3.63, 3.8) is 0 Å². The van der Waals surface area contributed by atoms with E-state index in [1.54, 1.807) is 10.7 Å². The predicted molar refractivity (Wildman–Crippen MR) is 138 cm³/mol. The SMILES string of the molecule is Nc1cn2nc(-c3nn(Cc4cc(N5CCCC5)nc5ccccc45)c4ncnc(N)c34)ccc2n1. The van der Waals surface area contributed by atoms with E-state index in [-0.39, 0.29) is 0 Å². The largest absolute Gasteiger partial charge is 0.383 e. The first kappa shape index (κ1) is 20.6. The third kappa shape index (κ3) is 3.28. The molecule has 0 saturated carbocycles. The molecule has 0 unspecified atom stereocenters. The fourth-order valence-electron chi connectivity index (χ4n) is 4.98. The fourth-order valence-corrected chi connectivity index (χ4v) is 4.98. The highest BCUT2D eigenvalue weighted by Gasteiger charge is 2.21. The summed E-state index contributed by atoms with van der Waals surface area (Å²) in [7, 11) is 0. The van der Waals surface area contributed by atoms with E-state index in [2.05, 4.69) is 43.1 Å². The van der Waals surface area contributed by atoms with Gasteiger partial charge in [-0.05, 0) is 42.7 Å². The number of nitrogen functional groups attached to an aromatic ring is 2. The number of pyridine rings is 1. The molecule has 6 aromatic rings. The fraction of sp³-hybridized carbons (Fsp3) is 0.200. The molecule has 7 rings (SSSR count). The number of hydrogen-bond donors (Lipinski definition) is 2. The van der Waals surface area contributed by atoms with Gasteiger partial charge in [-0.1, -0.05) is 18.2 Å². The van der Waals surface area contributed by atoms with Gasteiger partial charge in [0.05, 0.1) is 23.6 Å². The second kappa shape index (κ2) is 7.87. The molecule has 4 N–H and O–H groups in total. The number of rotatable bonds is 4. The summed E-state index contributed by atoms with van der Waals surface area (Å²) in [6.45, 7) is 2.55. The maximum Gasteiger partial charge on any atom is 0.164 e. The standard InChI is InChI=1S/C25H23N11/c26-19-13-35-20(31-19)8-7-18(32-35)23-22-24(27)28-14-29-25(22)36(33-23)12-15-11-21(34-9-3-4-10-34)30-17-6-2-1-5-16(15)17/h1-2,5-8,11,13-14H,3-4,9-10,12,26H2,(H2,27,28,29). The second-order valence-electron chi connectivity index (χ2n) is 9.00. The summed E-state index contributed by atoms with van der Waals surface area (Å²) in [5.41, 5.74) is 16.8. The molecule has 5 aromatic heterocycles. The third-order valence-corrected chi connectivity index (χ3v) is 6.68. The molecule has 1 fully saturated rings. The zero-order valence-corrected chi connectivity index (χ0v) is 19.4. The Morgan fingerprint density at radius 1 is 0.917 bits per heavy atom. The van der Waals surface area contributed by atoms with Crippen molar-refractivity contribution in [3.8, 4) is 11.4 Å². The highest BCUT2D eigenvalue weighted by molar-refractivity contribution is 5.97. The lowest BCUT2D eigenvalue weighted by molar-refractivity contribution is 0.707. The Kier molecular flexibility index (Phi) is 4.50. The van der Waals surface area contributed by atoms with Gasteiger partial charge in [-0.2, -0.15) is 10.2 Å². The van der Waals surface area contributed by atoms with Crippen molar-refractivity contribution in [2.45, 2.75) is 19.4 Å². The van der Waals surface area contributed by atoms with Crippen LogP contribution in [0.3, 0.4) is 0 Å². The maximum atomic E-state index is 6.33. The summed E-state index contributed by atoms with van der Waals surface area (Å²) in [5, 5.41) is 11.3.